The van der Waals surface area contributed by atoms with Gasteiger partial charge in [-0.1, -0.05) is 95.1 Å². The summed E-state index contributed by atoms with van der Waals surface area (Å²) in [4.78, 5) is 6.60. The van der Waals surface area contributed by atoms with Crippen LogP contribution in [0.1, 0.15) is 69.5 Å². The minimum absolute atomic E-state index is 0. The fourth-order valence-corrected chi connectivity index (χ4v) is 3.97. The van der Waals surface area contributed by atoms with Crippen molar-refractivity contribution >= 4 is 0 Å². The van der Waals surface area contributed by atoms with Gasteiger partial charge in [-0.3, -0.25) is 9.88 Å². The molecule has 0 aliphatic rings. The maximum atomic E-state index is 13.2. The summed E-state index contributed by atoms with van der Waals surface area (Å²) < 4.78 is 0. The third kappa shape index (κ3) is 8.43. The van der Waals surface area contributed by atoms with E-state index in [1.54, 1.807) is 6.20 Å². The number of aromatic nitrogens is 1. The Labute approximate surface area is 223 Å². The number of hydrogen-bond donors (Lipinski definition) is 0. The number of para-hydroxylation sites is 2. The van der Waals surface area contributed by atoms with E-state index in [9.17, 15) is 10.2 Å². The Morgan fingerprint density at radius 1 is 0.657 bits per heavy atom. The molecule has 6 nitrogen and oxygen atoms in total. The van der Waals surface area contributed by atoms with Crippen LogP contribution in [-0.2, 0) is 62.5 Å². The topological polar surface area (TPSA) is 119 Å². The fraction of sp³-hybridized carbons (Fsp3) is 0.393. The Balaban J connectivity index is 0.00000385. The number of benzene rings is 2. The van der Waals surface area contributed by atoms with Gasteiger partial charge in [-0.05, 0) is 34.1 Å². The van der Waals surface area contributed by atoms with Gasteiger partial charge in [0.15, 0.2) is 0 Å². The molecule has 0 amide bonds. The Kier molecular flexibility index (Phi) is 12.3. The summed E-state index contributed by atoms with van der Waals surface area (Å²) in [5.74, 6) is 0.161. The van der Waals surface area contributed by atoms with Gasteiger partial charge in [-0.2, -0.15) is 0 Å². The summed E-state index contributed by atoms with van der Waals surface area (Å²) in [7, 11) is 0. The molecule has 0 radical (unpaired) electrons. The Morgan fingerprint density at radius 3 is 1.49 bits per heavy atom. The van der Waals surface area contributed by atoms with E-state index in [1.165, 1.54) is 0 Å². The van der Waals surface area contributed by atoms with Gasteiger partial charge in [0.1, 0.15) is 0 Å². The van der Waals surface area contributed by atoms with Gasteiger partial charge in [-0.25, -0.2) is 0 Å². The van der Waals surface area contributed by atoms with E-state index in [0.717, 1.165) is 27.9 Å². The van der Waals surface area contributed by atoms with Crippen LogP contribution >= 0.6 is 0 Å². The molecule has 1 heterocycles. The first-order valence-electron chi connectivity index (χ1n) is 11.2. The predicted molar refractivity (Wildman–Crippen MR) is 128 cm³/mol. The Hall–Kier alpha value is -2.24. The first-order chi connectivity index (χ1) is 15.0. The zero-order valence-corrected chi connectivity index (χ0v) is 24.3. The number of nitrogens with zero attached hydrogens (tertiary/aromatic N) is 2. The normalized spacial score (nSPS) is 11.3. The van der Waals surface area contributed by atoms with Crippen molar-refractivity contribution in [2.75, 3.05) is 0 Å². The van der Waals surface area contributed by atoms with Crippen molar-refractivity contribution in [3.63, 3.8) is 0 Å². The molecule has 0 unspecified atom stereocenters. The summed E-state index contributed by atoms with van der Waals surface area (Å²) in [6.07, 6.45) is 1.77. The number of rotatable bonds is 6. The third-order valence-corrected chi connectivity index (χ3v) is 5.71. The molecule has 0 fully saturated rings. The third-order valence-electron chi connectivity index (χ3n) is 5.71. The molecular weight excluding hydrogens is 612 g/mol. The maximum absolute atomic E-state index is 13.2. The SMILES string of the molecule is CC(C)(C)c1cccc(CN(Cc2ccccn2)Cc2cccc(C(C)(C)C)c2[O-])c1[O-].[O-2].[O-2].[W]. The standard InChI is InChI=1S/C28H36N2O2.2O.W/c1-27(2,3)23-14-9-11-20(25(23)31)17-30(19-22-13-7-8-16-29-22)18-21-12-10-15-24(26(21)32)28(4,5)6;;;/h7-16,31-32H,17-19H2,1-6H3;;;/q;2*-2;/p-2. The number of hydrogen-bond acceptors (Lipinski definition) is 4. The van der Waals surface area contributed by atoms with Gasteiger partial charge in [0.25, 0.3) is 0 Å². The van der Waals surface area contributed by atoms with Gasteiger partial charge in [0.2, 0.25) is 0 Å². The van der Waals surface area contributed by atoms with Crippen LogP contribution in [-0.4, -0.2) is 9.88 Å². The summed E-state index contributed by atoms with van der Waals surface area (Å²) in [5.41, 5.74) is 3.58. The summed E-state index contributed by atoms with van der Waals surface area (Å²) >= 11 is 0. The molecule has 0 aliphatic heterocycles. The molecule has 0 spiro atoms. The molecule has 7 heteroatoms. The smallest absolute Gasteiger partial charge is 0.0544 e. The van der Waals surface area contributed by atoms with Gasteiger partial charge in [0, 0.05) is 46.9 Å². The summed E-state index contributed by atoms with van der Waals surface area (Å²) in [6, 6.07) is 17.3. The zero-order chi connectivity index (χ0) is 23.5. The van der Waals surface area contributed by atoms with Crippen LogP contribution in [0.25, 0.3) is 0 Å². The second-order valence-electron chi connectivity index (χ2n) is 10.6. The van der Waals surface area contributed by atoms with Crippen LogP contribution < -0.4 is 10.2 Å². The summed E-state index contributed by atoms with van der Waals surface area (Å²) in [6.45, 7) is 13.8. The van der Waals surface area contributed by atoms with E-state index in [4.69, 9.17) is 0 Å². The van der Waals surface area contributed by atoms with E-state index in [-0.39, 0.29) is 54.3 Å². The minimum atomic E-state index is -0.220. The van der Waals surface area contributed by atoms with Crippen LogP contribution in [0.4, 0.5) is 0 Å². The van der Waals surface area contributed by atoms with Gasteiger partial charge >= 0.3 is 0 Å². The monoisotopic (exact) mass is 646 g/mol. The van der Waals surface area contributed by atoms with Crippen molar-refractivity contribution in [3.8, 4) is 11.5 Å². The molecule has 192 valence electrons. The average molecular weight is 646 g/mol. The second kappa shape index (κ2) is 13.2. The molecule has 35 heavy (non-hydrogen) atoms. The maximum Gasteiger partial charge on any atom is 0.0544 e. The van der Waals surface area contributed by atoms with Gasteiger partial charge in [-0.15, -0.1) is 11.5 Å². The van der Waals surface area contributed by atoms with Crippen LogP contribution in [0.2, 0.25) is 0 Å². The van der Waals surface area contributed by atoms with E-state index in [2.05, 4.69) is 51.4 Å². The van der Waals surface area contributed by atoms with E-state index in [1.807, 2.05) is 54.6 Å². The molecule has 1 aromatic heterocycles. The molecule has 0 saturated carbocycles. The zero-order valence-electron chi connectivity index (χ0n) is 21.3. The van der Waals surface area contributed by atoms with Gasteiger partial charge < -0.3 is 21.2 Å². The Bertz CT molecular complexity index is 995. The van der Waals surface area contributed by atoms with Crippen molar-refractivity contribution in [1.82, 2.24) is 9.88 Å². The van der Waals surface area contributed by atoms with E-state index >= 15 is 0 Å². The van der Waals surface area contributed by atoms with E-state index < -0.39 is 0 Å². The molecule has 3 aromatic rings. The largest absolute Gasteiger partial charge is 2.00 e. The van der Waals surface area contributed by atoms with Crippen LogP contribution in [0.5, 0.6) is 11.5 Å². The van der Waals surface area contributed by atoms with Crippen molar-refractivity contribution in [1.29, 1.82) is 0 Å². The quantitative estimate of drug-likeness (QED) is 0.383. The van der Waals surface area contributed by atoms with Crippen molar-refractivity contribution in [3.05, 3.63) is 88.7 Å². The molecule has 0 bridgehead atoms. The van der Waals surface area contributed by atoms with Crippen molar-refractivity contribution in [2.45, 2.75) is 72.0 Å². The molecular formula is C28H34N2O4W-6. The van der Waals surface area contributed by atoms with Crippen molar-refractivity contribution < 1.29 is 42.2 Å². The minimum Gasteiger partial charge on any atom is -2.00 e. The van der Waals surface area contributed by atoms with Crippen molar-refractivity contribution in [2.24, 2.45) is 0 Å². The van der Waals surface area contributed by atoms with Crippen LogP contribution in [0, 0.1) is 0 Å². The molecule has 0 N–H and O–H groups in total. The Morgan fingerprint density at radius 2 is 1.11 bits per heavy atom. The molecule has 0 saturated heterocycles. The van der Waals surface area contributed by atoms with Crippen LogP contribution in [0.15, 0.2) is 60.8 Å². The predicted octanol–water partition coefficient (Wildman–Crippen LogP) is 4.79. The van der Waals surface area contributed by atoms with Gasteiger partial charge in [0.05, 0.1) is 5.69 Å². The molecule has 0 aliphatic carbocycles. The average Bonchev–Trinajstić information content (AvgIpc) is 2.70. The molecule has 3 rings (SSSR count). The molecule has 2 aromatic carbocycles. The van der Waals surface area contributed by atoms with E-state index in [0.29, 0.717) is 19.6 Å². The fourth-order valence-electron chi connectivity index (χ4n) is 3.97. The second-order valence-corrected chi connectivity index (χ2v) is 10.6. The first-order valence-corrected chi connectivity index (χ1v) is 11.2. The number of pyridine rings is 1. The van der Waals surface area contributed by atoms with Crippen LogP contribution in [0.3, 0.4) is 0 Å². The molecule has 0 atom stereocenters. The summed E-state index contributed by atoms with van der Waals surface area (Å²) in [5, 5.41) is 26.4. The first kappa shape index (κ1) is 32.8.